The third kappa shape index (κ3) is 2.39. The number of hydrogen-bond acceptors (Lipinski definition) is 6. The van der Waals surface area contributed by atoms with Crippen molar-refractivity contribution in [1.82, 2.24) is 24.7 Å². The highest BCUT2D eigenvalue weighted by Gasteiger charge is 2.23. The summed E-state index contributed by atoms with van der Waals surface area (Å²) in [5.41, 5.74) is 2.26. The van der Waals surface area contributed by atoms with E-state index in [1.54, 1.807) is 19.6 Å². The number of nitrogens with one attached hydrogen (secondary N) is 1. The standard InChI is InChI=1S/C15H16ClN7O/c1-21-15(24)12(16)11(8-20-21)22-4-6-23(7-5-22)14-13-10(2-3-17-13)18-9-19-14/h2-3,8-9,17H,4-7H2,1H3. The second-order valence-electron chi connectivity index (χ2n) is 5.68. The molecule has 1 saturated heterocycles. The van der Waals surface area contributed by atoms with Crippen LogP contribution in [0.2, 0.25) is 5.02 Å². The van der Waals surface area contributed by atoms with Gasteiger partial charge in [0.1, 0.15) is 16.9 Å². The molecule has 1 N–H and O–H groups in total. The van der Waals surface area contributed by atoms with Crippen molar-refractivity contribution in [3.63, 3.8) is 0 Å². The Bertz CT molecular complexity index is 942. The fourth-order valence-corrected chi connectivity index (χ4v) is 3.27. The largest absolute Gasteiger partial charge is 0.365 e. The molecule has 0 aromatic carbocycles. The van der Waals surface area contributed by atoms with Crippen LogP contribution in [0.5, 0.6) is 0 Å². The van der Waals surface area contributed by atoms with E-state index in [2.05, 4.69) is 29.9 Å². The number of piperazine rings is 1. The van der Waals surface area contributed by atoms with E-state index in [9.17, 15) is 4.79 Å². The normalized spacial score (nSPS) is 15.2. The molecule has 0 saturated carbocycles. The average molecular weight is 346 g/mol. The van der Waals surface area contributed by atoms with Gasteiger partial charge in [0, 0.05) is 39.4 Å². The van der Waals surface area contributed by atoms with Crippen LogP contribution in [-0.2, 0) is 7.05 Å². The minimum Gasteiger partial charge on any atom is -0.365 e. The van der Waals surface area contributed by atoms with E-state index in [0.717, 1.165) is 43.0 Å². The first-order chi connectivity index (χ1) is 11.6. The lowest BCUT2D eigenvalue weighted by Gasteiger charge is -2.36. The third-order valence-electron chi connectivity index (χ3n) is 4.31. The van der Waals surface area contributed by atoms with Crippen LogP contribution in [0, 0.1) is 0 Å². The fraction of sp³-hybridized carbons (Fsp3) is 0.333. The van der Waals surface area contributed by atoms with Crippen LogP contribution < -0.4 is 15.4 Å². The molecule has 0 amide bonds. The lowest BCUT2D eigenvalue weighted by molar-refractivity contribution is 0.639. The van der Waals surface area contributed by atoms with E-state index in [-0.39, 0.29) is 10.6 Å². The Morgan fingerprint density at radius 1 is 1.17 bits per heavy atom. The van der Waals surface area contributed by atoms with Gasteiger partial charge in [0.25, 0.3) is 5.56 Å². The average Bonchev–Trinajstić information content (AvgIpc) is 3.09. The van der Waals surface area contributed by atoms with E-state index in [0.29, 0.717) is 5.69 Å². The number of rotatable bonds is 2. The van der Waals surface area contributed by atoms with Gasteiger partial charge in [0.05, 0.1) is 17.4 Å². The number of nitrogens with zero attached hydrogens (tertiary/aromatic N) is 6. The molecule has 1 aliphatic heterocycles. The highest BCUT2D eigenvalue weighted by Crippen LogP contribution is 2.26. The van der Waals surface area contributed by atoms with Gasteiger partial charge in [-0.25, -0.2) is 14.6 Å². The molecule has 24 heavy (non-hydrogen) atoms. The maximum absolute atomic E-state index is 11.9. The summed E-state index contributed by atoms with van der Waals surface area (Å²) in [7, 11) is 1.59. The van der Waals surface area contributed by atoms with E-state index in [1.807, 2.05) is 12.3 Å². The molecule has 0 radical (unpaired) electrons. The maximum Gasteiger partial charge on any atom is 0.287 e. The van der Waals surface area contributed by atoms with Crippen molar-refractivity contribution in [3.8, 4) is 0 Å². The van der Waals surface area contributed by atoms with Crippen molar-refractivity contribution in [1.29, 1.82) is 0 Å². The zero-order valence-corrected chi connectivity index (χ0v) is 13.9. The molecule has 4 heterocycles. The SMILES string of the molecule is Cn1ncc(N2CCN(c3ncnc4cc[nH]c34)CC2)c(Cl)c1=O. The monoisotopic (exact) mass is 345 g/mol. The number of H-pyrrole nitrogens is 1. The van der Waals surface area contributed by atoms with E-state index in [1.165, 1.54) is 4.68 Å². The Labute approximate surface area is 142 Å². The summed E-state index contributed by atoms with van der Waals surface area (Å²) in [4.78, 5) is 28.1. The summed E-state index contributed by atoms with van der Waals surface area (Å²) in [5, 5.41) is 4.28. The Kier molecular flexibility index (Phi) is 3.61. The van der Waals surface area contributed by atoms with Crippen molar-refractivity contribution in [3.05, 3.63) is 40.2 Å². The van der Waals surface area contributed by atoms with Gasteiger partial charge in [-0.1, -0.05) is 11.6 Å². The number of aromatic amines is 1. The molecule has 0 bridgehead atoms. The summed E-state index contributed by atoms with van der Waals surface area (Å²) in [6.45, 7) is 3.02. The Morgan fingerprint density at radius 3 is 2.71 bits per heavy atom. The molecular formula is C15H16ClN7O. The highest BCUT2D eigenvalue weighted by molar-refractivity contribution is 6.33. The third-order valence-corrected chi connectivity index (χ3v) is 4.66. The smallest absolute Gasteiger partial charge is 0.287 e. The van der Waals surface area contributed by atoms with E-state index >= 15 is 0 Å². The molecular weight excluding hydrogens is 330 g/mol. The van der Waals surface area contributed by atoms with Crippen LogP contribution in [0.3, 0.4) is 0 Å². The van der Waals surface area contributed by atoms with Crippen molar-refractivity contribution in [2.45, 2.75) is 0 Å². The van der Waals surface area contributed by atoms with Crippen LogP contribution >= 0.6 is 11.6 Å². The maximum atomic E-state index is 11.9. The quantitative estimate of drug-likeness (QED) is 0.747. The lowest BCUT2D eigenvalue weighted by Crippen LogP contribution is -2.47. The Balaban J connectivity index is 1.56. The van der Waals surface area contributed by atoms with Gasteiger partial charge in [0.2, 0.25) is 0 Å². The summed E-state index contributed by atoms with van der Waals surface area (Å²) >= 11 is 6.19. The minimum absolute atomic E-state index is 0.217. The van der Waals surface area contributed by atoms with Gasteiger partial charge in [0.15, 0.2) is 5.82 Å². The van der Waals surface area contributed by atoms with Gasteiger partial charge >= 0.3 is 0 Å². The Hall–Kier alpha value is -2.61. The molecule has 9 heteroatoms. The van der Waals surface area contributed by atoms with E-state index in [4.69, 9.17) is 11.6 Å². The number of fused-ring (bicyclic) bond motifs is 1. The van der Waals surface area contributed by atoms with Crippen LogP contribution in [0.25, 0.3) is 11.0 Å². The van der Waals surface area contributed by atoms with Gasteiger partial charge in [-0.2, -0.15) is 5.10 Å². The summed E-state index contributed by atoms with van der Waals surface area (Å²) < 4.78 is 1.24. The number of anilines is 2. The molecule has 1 aliphatic rings. The minimum atomic E-state index is -0.277. The summed E-state index contributed by atoms with van der Waals surface area (Å²) in [6.07, 6.45) is 5.09. The van der Waals surface area contributed by atoms with Crippen molar-refractivity contribution < 1.29 is 0 Å². The molecule has 1 fully saturated rings. The number of aryl methyl sites for hydroxylation is 1. The van der Waals surface area contributed by atoms with Crippen LogP contribution in [0.4, 0.5) is 11.5 Å². The topological polar surface area (TPSA) is 82.9 Å². The second kappa shape index (κ2) is 5.79. The molecule has 8 nitrogen and oxygen atoms in total. The molecule has 0 aliphatic carbocycles. The number of halogens is 1. The number of aromatic nitrogens is 5. The molecule has 124 valence electrons. The molecule has 0 spiro atoms. The van der Waals surface area contributed by atoms with Crippen molar-refractivity contribution >= 4 is 34.1 Å². The first-order valence-corrected chi connectivity index (χ1v) is 8.03. The van der Waals surface area contributed by atoms with Gasteiger partial charge in [-0.3, -0.25) is 4.79 Å². The van der Waals surface area contributed by atoms with Crippen molar-refractivity contribution in [2.75, 3.05) is 36.0 Å². The lowest BCUT2D eigenvalue weighted by atomic mass is 10.2. The van der Waals surface area contributed by atoms with Crippen LogP contribution in [0.15, 0.2) is 29.6 Å². The second-order valence-corrected chi connectivity index (χ2v) is 6.06. The van der Waals surface area contributed by atoms with E-state index < -0.39 is 0 Å². The summed E-state index contributed by atoms with van der Waals surface area (Å²) in [6, 6.07) is 1.93. The molecule has 4 rings (SSSR count). The van der Waals surface area contributed by atoms with Gasteiger partial charge in [-0.15, -0.1) is 0 Å². The first kappa shape index (κ1) is 14.9. The highest BCUT2D eigenvalue weighted by atomic mass is 35.5. The zero-order valence-electron chi connectivity index (χ0n) is 13.1. The van der Waals surface area contributed by atoms with Crippen LogP contribution in [-0.4, -0.2) is 50.9 Å². The van der Waals surface area contributed by atoms with Gasteiger partial charge in [-0.05, 0) is 6.07 Å². The van der Waals surface area contributed by atoms with Gasteiger partial charge < -0.3 is 14.8 Å². The molecule has 0 unspecified atom stereocenters. The summed E-state index contributed by atoms with van der Waals surface area (Å²) in [5.74, 6) is 0.901. The van der Waals surface area contributed by atoms with Crippen molar-refractivity contribution in [2.24, 2.45) is 7.05 Å². The fourth-order valence-electron chi connectivity index (χ4n) is 2.98. The zero-order chi connectivity index (χ0) is 16.7. The molecule has 3 aromatic rings. The first-order valence-electron chi connectivity index (χ1n) is 7.65. The predicted molar refractivity (Wildman–Crippen MR) is 92.8 cm³/mol. The number of hydrogen-bond donors (Lipinski definition) is 1. The molecule has 3 aromatic heterocycles. The van der Waals surface area contributed by atoms with Crippen LogP contribution in [0.1, 0.15) is 0 Å². The Morgan fingerprint density at radius 2 is 1.92 bits per heavy atom. The predicted octanol–water partition coefficient (Wildman–Crippen LogP) is 1.03. The molecule has 0 atom stereocenters.